The van der Waals surface area contributed by atoms with Crippen LogP contribution in [0.25, 0.3) is 0 Å². The van der Waals surface area contributed by atoms with E-state index in [1.807, 2.05) is 0 Å². The number of aromatic nitrogens is 3. The zero-order chi connectivity index (χ0) is 13.1. The van der Waals surface area contributed by atoms with Crippen LogP contribution in [-0.2, 0) is 4.74 Å². The van der Waals surface area contributed by atoms with Gasteiger partial charge in [-0.05, 0) is 44.8 Å². The molecule has 18 heavy (non-hydrogen) atoms. The van der Waals surface area contributed by atoms with Crippen molar-refractivity contribution in [2.45, 2.75) is 32.7 Å². The van der Waals surface area contributed by atoms with Gasteiger partial charge in [0.1, 0.15) is 0 Å². The number of nitrogens with zero attached hydrogens (tertiary/aromatic N) is 3. The van der Waals surface area contributed by atoms with Crippen LogP contribution >= 0.6 is 12.2 Å². The van der Waals surface area contributed by atoms with Crippen molar-refractivity contribution < 1.29 is 4.74 Å². The molecular weight excluding hydrogens is 248 g/mol. The molecule has 1 unspecified atom stereocenters. The molecular formula is C12H22N4OS. The second kappa shape index (κ2) is 5.84. The lowest BCUT2D eigenvalue weighted by atomic mass is 10.0. The van der Waals surface area contributed by atoms with Crippen molar-refractivity contribution in [2.24, 2.45) is 5.92 Å². The van der Waals surface area contributed by atoms with Crippen molar-refractivity contribution in [3.63, 3.8) is 0 Å². The molecule has 102 valence electrons. The number of rotatable bonds is 4. The Hall–Kier alpha value is -0.880. The van der Waals surface area contributed by atoms with Crippen LogP contribution in [-0.4, -0.2) is 41.6 Å². The number of hydrogen-bond acceptors (Lipinski definition) is 4. The first-order chi connectivity index (χ1) is 8.59. The van der Waals surface area contributed by atoms with Gasteiger partial charge in [-0.2, -0.15) is 0 Å². The van der Waals surface area contributed by atoms with E-state index in [-0.39, 0.29) is 0 Å². The molecule has 0 bridgehead atoms. The van der Waals surface area contributed by atoms with Crippen LogP contribution in [0, 0.1) is 10.7 Å². The van der Waals surface area contributed by atoms with Crippen LogP contribution in [0.4, 0.5) is 5.95 Å². The van der Waals surface area contributed by atoms with Gasteiger partial charge in [-0.3, -0.25) is 4.57 Å². The first kappa shape index (κ1) is 13.5. The summed E-state index contributed by atoms with van der Waals surface area (Å²) in [6.45, 7) is 6.97. The van der Waals surface area contributed by atoms with Crippen LogP contribution in [0.2, 0.25) is 0 Å². The number of aromatic amines is 1. The lowest BCUT2D eigenvalue weighted by Crippen LogP contribution is -2.32. The smallest absolute Gasteiger partial charge is 0.225 e. The first-order valence-corrected chi connectivity index (χ1v) is 6.96. The monoisotopic (exact) mass is 270 g/mol. The Morgan fingerprint density at radius 2 is 2.39 bits per heavy atom. The highest BCUT2D eigenvalue weighted by atomic mass is 32.1. The fraction of sp³-hybridized carbons (Fsp3) is 0.833. The van der Waals surface area contributed by atoms with Crippen molar-refractivity contribution in [3.8, 4) is 0 Å². The van der Waals surface area contributed by atoms with Gasteiger partial charge in [-0.1, -0.05) is 0 Å². The van der Waals surface area contributed by atoms with Gasteiger partial charge >= 0.3 is 0 Å². The van der Waals surface area contributed by atoms with Crippen LogP contribution in [0.5, 0.6) is 0 Å². The van der Waals surface area contributed by atoms with Gasteiger partial charge in [0, 0.05) is 26.2 Å². The normalized spacial score (nSPS) is 20.3. The summed E-state index contributed by atoms with van der Waals surface area (Å²) in [6, 6.07) is 0.316. The quantitative estimate of drug-likeness (QED) is 0.853. The van der Waals surface area contributed by atoms with E-state index in [2.05, 4.69) is 40.6 Å². The van der Waals surface area contributed by atoms with Crippen LogP contribution < -0.4 is 4.90 Å². The molecule has 1 N–H and O–H groups in total. The van der Waals surface area contributed by atoms with Crippen LogP contribution in [0.3, 0.4) is 0 Å². The maximum Gasteiger partial charge on any atom is 0.225 e. The fourth-order valence-corrected chi connectivity index (χ4v) is 2.79. The summed E-state index contributed by atoms with van der Waals surface area (Å²) in [7, 11) is 2.07. The first-order valence-electron chi connectivity index (χ1n) is 6.55. The molecule has 1 fully saturated rings. The van der Waals surface area contributed by atoms with E-state index in [1.54, 1.807) is 0 Å². The topological polar surface area (TPSA) is 46.1 Å². The third-order valence-electron chi connectivity index (χ3n) is 3.33. The Labute approximate surface area is 113 Å². The minimum atomic E-state index is 0.316. The summed E-state index contributed by atoms with van der Waals surface area (Å²) in [5.74, 6) is 1.51. The fourth-order valence-electron chi connectivity index (χ4n) is 2.45. The Balaban J connectivity index is 2.08. The Morgan fingerprint density at radius 1 is 1.61 bits per heavy atom. The van der Waals surface area contributed by atoms with E-state index >= 15 is 0 Å². The van der Waals surface area contributed by atoms with E-state index in [1.165, 1.54) is 6.42 Å². The molecule has 1 aromatic rings. The number of nitrogens with one attached hydrogen (secondary N) is 1. The third kappa shape index (κ3) is 2.92. The molecule has 0 saturated carbocycles. The summed E-state index contributed by atoms with van der Waals surface area (Å²) >= 11 is 5.27. The molecule has 1 aliphatic heterocycles. The molecule has 1 aromatic heterocycles. The van der Waals surface area contributed by atoms with Crippen LogP contribution in [0.15, 0.2) is 0 Å². The van der Waals surface area contributed by atoms with Crippen LogP contribution in [0.1, 0.15) is 32.7 Å². The molecule has 2 heterocycles. The molecule has 2 rings (SSSR count). The average Bonchev–Trinajstić information content (AvgIpc) is 2.72. The van der Waals surface area contributed by atoms with E-state index in [4.69, 9.17) is 17.0 Å². The van der Waals surface area contributed by atoms with Gasteiger partial charge in [-0.25, -0.2) is 5.10 Å². The van der Waals surface area contributed by atoms with Gasteiger partial charge < -0.3 is 9.64 Å². The van der Waals surface area contributed by atoms with E-state index in [0.29, 0.717) is 16.7 Å². The highest BCUT2D eigenvalue weighted by Crippen LogP contribution is 2.20. The van der Waals surface area contributed by atoms with E-state index in [0.717, 1.165) is 32.1 Å². The van der Waals surface area contributed by atoms with Gasteiger partial charge in [0.05, 0.1) is 6.61 Å². The summed E-state index contributed by atoms with van der Waals surface area (Å²) in [5.41, 5.74) is 0. The van der Waals surface area contributed by atoms with Gasteiger partial charge in [0.15, 0.2) is 4.77 Å². The number of ether oxygens (including phenoxy) is 1. The maximum atomic E-state index is 5.52. The number of anilines is 1. The minimum Gasteiger partial charge on any atom is -0.381 e. The number of hydrogen-bond donors (Lipinski definition) is 1. The second-order valence-electron chi connectivity index (χ2n) is 5.26. The van der Waals surface area contributed by atoms with Gasteiger partial charge in [0.25, 0.3) is 0 Å². The van der Waals surface area contributed by atoms with Crippen molar-refractivity contribution in [1.29, 1.82) is 0 Å². The molecule has 6 heteroatoms. The molecule has 1 aliphatic rings. The van der Waals surface area contributed by atoms with Crippen molar-refractivity contribution >= 4 is 18.2 Å². The van der Waals surface area contributed by atoms with Crippen molar-refractivity contribution in [1.82, 2.24) is 14.8 Å². The van der Waals surface area contributed by atoms with Crippen molar-refractivity contribution in [2.75, 3.05) is 31.7 Å². The molecule has 0 amide bonds. The molecule has 0 spiro atoms. The summed E-state index contributed by atoms with van der Waals surface area (Å²) < 4.78 is 8.26. The Morgan fingerprint density at radius 3 is 3.00 bits per heavy atom. The lowest BCUT2D eigenvalue weighted by molar-refractivity contribution is 0.0575. The second-order valence-corrected chi connectivity index (χ2v) is 5.64. The molecule has 5 nitrogen and oxygen atoms in total. The van der Waals surface area contributed by atoms with E-state index in [9.17, 15) is 0 Å². The summed E-state index contributed by atoms with van der Waals surface area (Å²) in [4.78, 5) is 2.17. The largest absolute Gasteiger partial charge is 0.381 e. The molecule has 1 atom stereocenters. The average molecular weight is 270 g/mol. The van der Waals surface area contributed by atoms with Crippen molar-refractivity contribution in [3.05, 3.63) is 4.77 Å². The zero-order valence-corrected chi connectivity index (χ0v) is 12.2. The predicted octanol–water partition coefficient (Wildman–Crippen LogP) is 2.38. The highest BCUT2D eigenvalue weighted by Gasteiger charge is 2.19. The van der Waals surface area contributed by atoms with Gasteiger partial charge in [-0.15, -0.1) is 5.10 Å². The van der Waals surface area contributed by atoms with E-state index < -0.39 is 0 Å². The Kier molecular flexibility index (Phi) is 4.40. The van der Waals surface area contributed by atoms with Gasteiger partial charge in [0.2, 0.25) is 5.95 Å². The SMILES string of the molecule is CC(C)n1c(N(C)CC2CCCOC2)n[nH]c1=S. The lowest BCUT2D eigenvalue weighted by Gasteiger charge is -2.28. The molecule has 1 saturated heterocycles. The molecule has 0 aliphatic carbocycles. The maximum absolute atomic E-state index is 5.52. The predicted molar refractivity (Wildman–Crippen MR) is 74.6 cm³/mol. The number of H-pyrrole nitrogens is 1. The molecule has 0 radical (unpaired) electrons. The third-order valence-corrected chi connectivity index (χ3v) is 3.62. The zero-order valence-electron chi connectivity index (χ0n) is 11.3. The minimum absolute atomic E-state index is 0.316. The highest BCUT2D eigenvalue weighted by molar-refractivity contribution is 7.71. The molecule has 0 aromatic carbocycles. The standard InChI is InChI=1S/C12H22N4OS/c1-9(2)16-11(13-14-12(16)18)15(3)7-10-5-4-6-17-8-10/h9-10H,4-8H2,1-3H3,(H,14,18). The summed E-state index contributed by atoms with van der Waals surface area (Å²) in [5, 5.41) is 7.21. The Bertz CT molecular complexity index is 434. The summed E-state index contributed by atoms with van der Waals surface area (Å²) in [6.07, 6.45) is 2.40.